The number of carbonyl (C=O) groups excluding carboxylic acids is 1. The average Bonchev–Trinajstić information content (AvgIpc) is 2.76. The van der Waals surface area contributed by atoms with Crippen LogP contribution in [0, 0.1) is 6.92 Å². The Morgan fingerprint density at radius 1 is 1.20 bits per heavy atom. The number of anilines is 1. The fourth-order valence-corrected chi connectivity index (χ4v) is 2.35. The van der Waals surface area contributed by atoms with Crippen molar-refractivity contribution in [1.82, 2.24) is 0 Å². The van der Waals surface area contributed by atoms with Crippen molar-refractivity contribution in [2.24, 2.45) is 0 Å². The molecule has 0 atom stereocenters. The van der Waals surface area contributed by atoms with Crippen molar-refractivity contribution < 1.29 is 22.7 Å². The molecule has 20 heavy (non-hydrogen) atoms. The minimum atomic E-state index is -4.72. The van der Waals surface area contributed by atoms with Gasteiger partial charge in [-0.05, 0) is 48.2 Å². The third kappa shape index (κ3) is 3.74. The molecule has 0 fully saturated rings. The first-order chi connectivity index (χ1) is 9.35. The molecule has 0 saturated carbocycles. The Morgan fingerprint density at radius 2 is 1.85 bits per heavy atom. The number of benzene rings is 1. The number of ether oxygens (including phenoxy) is 1. The van der Waals surface area contributed by atoms with Gasteiger partial charge < -0.3 is 10.1 Å². The van der Waals surface area contributed by atoms with Crippen LogP contribution in [0.2, 0.25) is 0 Å². The van der Waals surface area contributed by atoms with Gasteiger partial charge in [0.05, 0.1) is 4.88 Å². The highest BCUT2D eigenvalue weighted by atomic mass is 32.1. The van der Waals surface area contributed by atoms with Gasteiger partial charge >= 0.3 is 6.36 Å². The van der Waals surface area contributed by atoms with Gasteiger partial charge in [0.25, 0.3) is 5.91 Å². The van der Waals surface area contributed by atoms with Gasteiger partial charge in [0.1, 0.15) is 5.75 Å². The molecule has 0 radical (unpaired) electrons. The number of hydrogen-bond donors (Lipinski definition) is 1. The summed E-state index contributed by atoms with van der Waals surface area (Å²) < 4.78 is 39.7. The Labute approximate surface area is 117 Å². The summed E-state index contributed by atoms with van der Waals surface area (Å²) in [4.78, 5) is 12.5. The van der Waals surface area contributed by atoms with Gasteiger partial charge in [-0.2, -0.15) is 0 Å². The summed E-state index contributed by atoms with van der Waals surface area (Å²) in [5.41, 5.74) is 1.25. The molecule has 0 unspecified atom stereocenters. The number of alkyl halides is 3. The van der Waals surface area contributed by atoms with E-state index in [1.54, 1.807) is 5.38 Å². The molecule has 2 aromatic rings. The Hall–Kier alpha value is -2.02. The van der Waals surface area contributed by atoms with Gasteiger partial charge in [-0.15, -0.1) is 24.5 Å². The van der Waals surface area contributed by atoms with Crippen molar-refractivity contribution in [2.75, 3.05) is 5.32 Å². The zero-order valence-corrected chi connectivity index (χ0v) is 11.1. The SMILES string of the molecule is Cc1ccsc1C(=O)Nc1ccc(OC(F)(F)F)cc1. The summed E-state index contributed by atoms with van der Waals surface area (Å²) in [6.07, 6.45) is -4.72. The molecule has 0 aliphatic carbocycles. The maximum Gasteiger partial charge on any atom is 0.573 e. The number of hydrogen-bond acceptors (Lipinski definition) is 3. The lowest BCUT2D eigenvalue weighted by molar-refractivity contribution is -0.274. The van der Waals surface area contributed by atoms with Crippen molar-refractivity contribution in [3.8, 4) is 5.75 Å². The summed E-state index contributed by atoms with van der Waals surface area (Å²) in [6, 6.07) is 6.80. The minimum absolute atomic E-state index is 0.290. The Morgan fingerprint density at radius 3 is 2.35 bits per heavy atom. The molecule has 1 N–H and O–H groups in total. The van der Waals surface area contributed by atoms with E-state index in [1.807, 2.05) is 13.0 Å². The molecule has 3 nitrogen and oxygen atoms in total. The zero-order chi connectivity index (χ0) is 14.8. The maximum absolute atomic E-state index is 12.0. The lowest BCUT2D eigenvalue weighted by Crippen LogP contribution is -2.17. The molecule has 7 heteroatoms. The second-order valence-electron chi connectivity index (χ2n) is 3.96. The quantitative estimate of drug-likeness (QED) is 0.922. The summed E-state index contributed by atoms with van der Waals surface area (Å²) in [5, 5.41) is 4.41. The van der Waals surface area contributed by atoms with Gasteiger partial charge in [-0.25, -0.2) is 0 Å². The van der Waals surface area contributed by atoms with Crippen molar-refractivity contribution in [1.29, 1.82) is 0 Å². The van der Waals surface area contributed by atoms with Crippen LogP contribution in [0.5, 0.6) is 5.75 Å². The van der Waals surface area contributed by atoms with E-state index in [0.29, 0.717) is 10.6 Å². The van der Waals surface area contributed by atoms with Gasteiger partial charge in [0.2, 0.25) is 0 Å². The molecule has 0 saturated heterocycles. The minimum Gasteiger partial charge on any atom is -0.406 e. The largest absolute Gasteiger partial charge is 0.573 e. The van der Waals surface area contributed by atoms with Crippen molar-refractivity contribution in [3.63, 3.8) is 0 Å². The number of nitrogens with one attached hydrogen (secondary N) is 1. The standard InChI is InChI=1S/C13H10F3NO2S/c1-8-6-7-20-11(8)12(18)17-9-2-4-10(5-3-9)19-13(14,15)16/h2-7H,1H3,(H,17,18). The number of aryl methyl sites for hydroxylation is 1. The van der Waals surface area contributed by atoms with Crippen LogP contribution >= 0.6 is 11.3 Å². The normalized spacial score (nSPS) is 11.2. The first kappa shape index (κ1) is 14.4. The first-order valence-corrected chi connectivity index (χ1v) is 6.44. The van der Waals surface area contributed by atoms with Crippen LogP contribution in [-0.2, 0) is 0 Å². The van der Waals surface area contributed by atoms with Crippen molar-refractivity contribution in [2.45, 2.75) is 13.3 Å². The number of halogens is 3. The van der Waals surface area contributed by atoms with Crippen molar-refractivity contribution in [3.05, 3.63) is 46.2 Å². The molecular weight excluding hydrogens is 291 g/mol. The van der Waals surface area contributed by atoms with Crippen LogP contribution in [0.15, 0.2) is 35.7 Å². The second kappa shape index (κ2) is 5.54. The third-order valence-electron chi connectivity index (χ3n) is 2.41. The fraction of sp³-hybridized carbons (Fsp3) is 0.154. The third-order valence-corrected chi connectivity index (χ3v) is 3.43. The number of amides is 1. The molecule has 1 aromatic heterocycles. The molecule has 0 aliphatic rings. The molecule has 1 heterocycles. The van der Waals surface area contributed by atoms with E-state index in [-0.39, 0.29) is 11.7 Å². The summed E-state index contributed by atoms with van der Waals surface area (Å²) in [6.45, 7) is 1.81. The van der Waals surface area contributed by atoms with E-state index in [9.17, 15) is 18.0 Å². The van der Waals surface area contributed by atoms with Gasteiger partial charge in [-0.3, -0.25) is 4.79 Å². The van der Waals surface area contributed by atoms with Crippen LogP contribution in [0.25, 0.3) is 0 Å². The zero-order valence-electron chi connectivity index (χ0n) is 10.3. The first-order valence-electron chi connectivity index (χ1n) is 5.56. The summed E-state index contributed by atoms with van der Waals surface area (Å²) in [7, 11) is 0. The molecular formula is C13H10F3NO2S. The van der Waals surface area contributed by atoms with Gasteiger partial charge in [0, 0.05) is 5.69 Å². The van der Waals surface area contributed by atoms with E-state index in [4.69, 9.17) is 0 Å². The summed E-state index contributed by atoms with van der Waals surface area (Å²) in [5.74, 6) is -0.621. The van der Waals surface area contributed by atoms with Crippen LogP contribution in [0.4, 0.5) is 18.9 Å². The fourth-order valence-electron chi connectivity index (χ4n) is 1.53. The molecule has 0 bridgehead atoms. The second-order valence-corrected chi connectivity index (χ2v) is 4.88. The molecule has 0 spiro atoms. The van der Waals surface area contributed by atoms with Crippen LogP contribution < -0.4 is 10.1 Å². The Balaban J connectivity index is 2.04. The lowest BCUT2D eigenvalue weighted by Gasteiger charge is -2.09. The van der Waals surface area contributed by atoms with Crippen LogP contribution in [-0.4, -0.2) is 12.3 Å². The topological polar surface area (TPSA) is 38.3 Å². The molecule has 1 amide bonds. The van der Waals surface area contributed by atoms with E-state index in [2.05, 4.69) is 10.1 Å². The van der Waals surface area contributed by atoms with Crippen LogP contribution in [0.3, 0.4) is 0 Å². The highest BCUT2D eigenvalue weighted by molar-refractivity contribution is 7.12. The predicted molar refractivity (Wildman–Crippen MR) is 70.1 cm³/mol. The number of rotatable bonds is 3. The van der Waals surface area contributed by atoms with E-state index < -0.39 is 6.36 Å². The predicted octanol–water partition coefficient (Wildman–Crippen LogP) is 4.21. The van der Waals surface area contributed by atoms with E-state index in [0.717, 1.165) is 17.7 Å². The van der Waals surface area contributed by atoms with E-state index >= 15 is 0 Å². The van der Waals surface area contributed by atoms with Gasteiger partial charge in [0.15, 0.2) is 0 Å². The molecule has 1 aromatic carbocycles. The smallest absolute Gasteiger partial charge is 0.406 e. The highest BCUT2D eigenvalue weighted by Crippen LogP contribution is 2.24. The Bertz CT molecular complexity index is 605. The molecule has 2 rings (SSSR count). The maximum atomic E-state index is 12.0. The number of carbonyl (C=O) groups is 1. The average molecular weight is 301 g/mol. The van der Waals surface area contributed by atoms with Gasteiger partial charge in [-0.1, -0.05) is 0 Å². The molecule has 106 valence electrons. The van der Waals surface area contributed by atoms with Crippen molar-refractivity contribution >= 4 is 22.9 Å². The highest BCUT2D eigenvalue weighted by Gasteiger charge is 2.30. The van der Waals surface area contributed by atoms with Crippen LogP contribution in [0.1, 0.15) is 15.2 Å². The van der Waals surface area contributed by atoms with E-state index in [1.165, 1.54) is 23.5 Å². The molecule has 0 aliphatic heterocycles. The summed E-state index contributed by atoms with van der Waals surface area (Å²) >= 11 is 1.30. The Kier molecular flexibility index (Phi) is 3.99. The lowest BCUT2D eigenvalue weighted by atomic mass is 10.2. The monoisotopic (exact) mass is 301 g/mol. The number of thiophene rings is 1.